The van der Waals surface area contributed by atoms with Crippen LogP contribution in [0.2, 0.25) is 10.3 Å². The van der Waals surface area contributed by atoms with Gasteiger partial charge in [0.2, 0.25) is 0 Å². The number of hydrogen-bond donors (Lipinski definition) is 0. The number of halogens is 2. The Morgan fingerprint density at radius 2 is 1.42 bits per heavy atom. The van der Waals surface area contributed by atoms with E-state index in [1.165, 1.54) is 57.3 Å². The number of nitrogens with zero attached hydrogens (tertiary/aromatic N) is 6. The molecule has 0 N–H and O–H groups in total. The lowest BCUT2D eigenvalue weighted by Gasteiger charge is -2.28. The molecule has 0 radical (unpaired) electrons. The summed E-state index contributed by atoms with van der Waals surface area (Å²) in [6.45, 7) is 4.40. The molecule has 6 nitrogen and oxygen atoms in total. The van der Waals surface area contributed by atoms with Gasteiger partial charge in [-0.3, -0.25) is 0 Å². The molecule has 0 spiro atoms. The lowest BCUT2D eigenvalue weighted by molar-refractivity contribution is 0.577. The van der Waals surface area contributed by atoms with Crippen LogP contribution >= 0.6 is 23.2 Å². The zero-order valence-corrected chi connectivity index (χ0v) is 16.3. The quantitative estimate of drug-likeness (QED) is 0.758. The summed E-state index contributed by atoms with van der Waals surface area (Å²) in [5, 5.41) is 16.0. The summed E-state index contributed by atoms with van der Waals surface area (Å²) in [5.41, 5.74) is 2.12. The van der Waals surface area contributed by atoms with Crippen LogP contribution in [0.5, 0.6) is 0 Å². The second-order valence-corrected chi connectivity index (χ2v) is 7.28. The minimum absolute atomic E-state index is 0.398. The standard InChI is InChI=1S/C9H11Cl2N3.C9H13N3/c10-8-6-7(9(11)13-12-8)14-4-2-1-3-5-14;1-2-6-12(7-3-1)9-4-5-10-11-8-9/h6H,1-5H2;4-5,8H,1-3,6-7H2. The normalized spacial score (nSPS) is 17.5. The molecule has 26 heavy (non-hydrogen) atoms. The fourth-order valence-electron chi connectivity index (χ4n) is 3.32. The van der Waals surface area contributed by atoms with Crippen LogP contribution in [-0.4, -0.2) is 46.6 Å². The third kappa shape index (κ3) is 5.42. The van der Waals surface area contributed by atoms with Crippen molar-refractivity contribution >= 4 is 34.6 Å². The van der Waals surface area contributed by atoms with E-state index in [0.717, 1.165) is 18.8 Å². The van der Waals surface area contributed by atoms with Crippen LogP contribution in [0.4, 0.5) is 11.4 Å². The second-order valence-electron chi connectivity index (χ2n) is 6.54. The fourth-order valence-corrected chi connectivity index (χ4v) is 3.68. The molecule has 0 aliphatic carbocycles. The largest absolute Gasteiger partial charge is 0.370 e. The summed E-state index contributed by atoms with van der Waals surface area (Å²) in [6, 6.07) is 3.81. The molecule has 2 fully saturated rings. The molecule has 2 aliphatic rings. The molecule has 2 aliphatic heterocycles. The molecule has 4 heterocycles. The van der Waals surface area contributed by atoms with Gasteiger partial charge in [0, 0.05) is 32.2 Å². The zero-order chi connectivity index (χ0) is 18.2. The molecule has 2 aromatic heterocycles. The highest BCUT2D eigenvalue weighted by Gasteiger charge is 2.15. The molecule has 2 aromatic rings. The van der Waals surface area contributed by atoms with Gasteiger partial charge in [0.15, 0.2) is 10.3 Å². The van der Waals surface area contributed by atoms with Gasteiger partial charge in [-0.25, -0.2) is 0 Å². The van der Waals surface area contributed by atoms with Crippen molar-refractivity contribution in [2.24, 2.45) is 0 Å². The van der Waals surface area contributed by atoms with Crippen molar-refractivity contribution in [3.05, 3.63) is 34.8 Å². The zero-order valence-electron chi connectivity index (χ0n) is 14.8. The smallest absolute Gasteiger partial charge is 0.175 e. The molecular weight excluding hydrogens is 371 g/mol. The Hall–Kier alpha value is -1.66. The third-order valence-electron chi connectivity index (χ3n) is 4.69. The van der Waals surface area contributed by atoms with Crippen molar-refractivity contribution < 1.29 is 0 Å². The first-order chi connectivity index (χ1) is 12.7. The molecule has 0 amide bonds. The molecule has 0 saturated carbocycles. The number of aromatic nitrogens is 4. The predicted molar refractivity (Wildman–Crippen MR) is 106 cm³/mol. The highest BCUT2D eigenvalue weighted by atomic mass is 35.5. The molecule has 0 atom stereocenters. The SMILES string of the molecule is Clc1cc(N2CCCCC2)c(Cl)nn1.c1cc(N2CCCCC2)cnn1. The van der Waals surface area contributed by atoms with Crippen LogP contribution in [0.25, 0.3) is 0 Å². The van der Waals surface area contributed by atoms with E-state index in [9.17, 15) is 0 Å². The molecule has 8 heteroatoms. The number of hydrogen-bond acceptors (Lipinski definition) is 6. The first-order valence-electron chi connectivity index (χ1n) is 9.19. The van der Waals surface area contributed by atoms with Crippen LogP contribution in [-0.2, 0) is 0 Å². The maximum atomic E-state index is 5.96. The van der Waals surface area contributed by atoms with Crippen LogP contribution in [0.1, 0.15) is 38.5 Å². The minimum Gasteiger partial charge on any atom is -0.370 e. The third-order valence-corrected chi connectivity index (χ3v) is 5.14. The second kappa shape index (κ2) is 9.88. The fraction of sp³-hybridized carbons (Fsp3) is 0.556. The summed E-state index contributed by atoms with van der Waals surface area (Å²) in [6.07, 6.45) is 11.3. The monoisotopic (exact) mass is 394 g/mol. The lowest BCUT2D eigenvalue weighted by atomic mass is 10.1. The Kier molecular flexibility index (Phi) is 7.26. The van der Waals surface area contributed by atoms with Crippen molar-refractivity contribution in [3.8, 4) is 0 Å². The van der Waals surface area contributed by atoms with Crippen LogP contribution < -0.4 is 9.80 Å². The average Bonchev–Trinajstić information content (AvgIpc) is 2.72. The maximum Gasteiger partial charge on any atom is 0.175 e. The van der Waals surface area contributed by atoms with E-state index in [2.05, 4.69) is 30.2 Å². The van der Waals surface area contributed by atoms with Gasteiger partial charge in [-0.05, 0) is 44.6 Å². The van der Waals surface area contributed by atoms with Crippen LogP contribution in [0.15, 0.2) is 24.5 Å². The molecule has 2 saturated heterocycles. The first kappa shape index (κ1) is 19.1. The predicted octanol–water partition coefficient (Wildman–Crippen LogP) is 4.24. The topological polar surface area (TPSA) is 58.0 Å². The van der Waals surface area contributed by atoms with E-state index in [1.807, 2.05) is 12.3 Å². The van der Waals surface area contributed by atoms with Crippen LogP contribution in [0, 0.1) is 0 Å². The molecule has 4 rings (SSSR count). The Labute approximate surface area is 164 Å². The summed E-state index contributed by atoms with van der Waals surface area (Å²) >= 11 is 11.7. The van der Waals surface area contributed by atoms with Gasteiger partial charge in [0.1, 0.15) is 0 Å². The average molecular weight is 395 g/mol. The van der Waals surface area contributed by atoms with E-state index in [0.29, 0.717) is 10.3 Å². The van der Waals surface area contributed by atoms with E-state index < -0.39 is 0 Å². The molecule has 140 valence electrons. The van der Waals surface area contributed by atoms with Gasteiger partial charge < -0.3 is 9.80 Å². The Morgan fingerprint density at radius 1 is 0.769 bits per heavy atom. The Bertz CT molecular complexity index is 673. The highest BCUT2D eigenvalue weighted by molar-refractivity contribution is 6.33. The number of piperidine rings is 2. The minimum atomic E-state index is 0.398. The lowest BCUT2D eigenvalue weighted by Crippen LogP contribution is -2.29. The number of anilines is 2. The van der Waals surface area contributed by atoms with Gasteiger partial charge in [-0.2, -0.15) is 10.2 Å². The van der Waals surface area contributed by atoms with Crippen molar-refractivity contribution in [3.63, 3.8) is 0 Å². The molecule has 0 unspecified atom stereocenters. The van der Waals surface area contributed by atoms with Gasteiger partial charge in [-0.1, -0.05) is 23.2 Å². The van der Waals surface area contributed by atoms with Gasteiger partial charge >= 0.3 is 0 Å². The molecule has 0 aromatic carbocycles. The summed E-state index contributed by atoms with van der Waals surface area (Å²) in [4.78, 5) is 4.59. The van der Waals surface area contributed by atoms with Gasteiger partial charge in [0.05, 0.1) is 23.8 Å². The van der Waals surface area contributed by atoms with E-state index in [4.69, 9.17) is 23.2 Å². The molecular formula is C18H24Cl2N6. The van der Waals surface area contributed by atoms with E-state index >= 15 is 0 Å². The maximum absolute atomic E-state index is 5.96. The summed E-state index contributed by atoms with van der Waals surface area (Å²) in [5.74, 6) is 0. The number of rotatable bonds is 2. The highest BCUT2D eigenvalue weighted by Crippen LogP contribution is 2.27. The van der Waals surface area contributed by atoms with Crippen molar-refractivity contribution in [2.75, 3.05) is 36.0 Å². The van der Waals surface area contributed by atoms with Crippen molar-refractivity contribution in [1.29, 1.82) is 0 Å². The van der Waals surface area contributed by atoms with Crippen molar-refractivity contribution in [2.45, 2.75) is 38.5 Å². The van der Waals surface area contributed by atoms with E-state index in [-0.39, 0.29) is 0 Å². The Morgan fingerprint density at radius 3 is 2.04 bits per heavy atom. The van der Waals surface area contributed by atoms with E-state index in [1.54, 1.807) is 12.3 Å². The summed E-state index contributed by atoms with van der Waals surface area (Å²) in [7, 11) is 0. The van der Waals surface area contributed by atoms with Gasteiger partial charge in [0.25, 0.3) is 0 Å². The Balaban J connectivity index is 0.000000152. The summed E-state index contributed by atoms with van der Waals surface area (Å²) < 4.78 is 0. The van der Waals surface area contributed by atoms with Gasteiger partial charge in [-0.15, -0.1) is 10.2 Å². The first-order valence-corrected chi connectivity index (χ1v) is 9.95. The molecule has 0 bridgehead atoms. The van der Waals surface area contributed by atoms with Crippen molar-refractivity contribution in [1.82, 2.24) is 20.4 Å². The van der Waals surface area contributed by atoms with Crippen LogP contribution in [0.3, 0.4) is 0 Å².